The van der Waals surface area contributed by atoms with E-state index < -0.39 is 30.0 Å². The van der Waals surface area contributed by atoms with Gasteiger partial charge in [0.05, 0.1) is 27.1 Å². The molecule has 13 nitrogen and oxygen atoms in total. The third kappa shape index (κ3) is 6.92. The Bertz CT molecular complexity index is 1030. The smallest absolute Gasteiger partial charge is 0.331 e. The molecule has 0 spiro atoms. The lowest BCUT2D eigenvalue weighted by molar-refractivity contribution is -0.153. The van der Waals surface area contributed by atoms with Gasteiger partial charge in [-0.1, -0.05) is 0 Å². The number of esters is 4. The predicted octanol–water partition coefficient (Wildman–Crippen LogP) is -0.678. The van der Waals surface area contributed by atoms with Gasteiger partial charge in [0.1, 0.15) is 18.5 Å². The summed E-state index contributed by atoms with van der Waals surface area (Å²) in [5.41, 5.74) is 6.46. The van der Waals surface area contributed by atoms with Crippen LogP contribution in [-0.4, -0.2) is 70.3 Å². The maximum atomic E-state index is 12.0. The summed E-state index contributed by atoms with van der Waals surface area (Å²) < 4.78 is 20.6. The number of carbonyl (C=O) groups is 4. The first kappa shape index (κ1) is 23.0. The third-order valence-electron chi connectivity index (χ3n) is 3.64. The fourth-order valence-corrected chi connectivity index (χ4v) is 2.21. The number of ether oxygens (including phenoxy) is 4. The Morgan fingerprint density at radius 3 is 2.23 bits per heavy atom. The molecule has 2 aromatic rings. The van der Waals surface area contributed by atoms with Gasteiger partial charge < -0.3 is 29.2 Å². The molecule has 0 aliphatic rings. The molecule has 0 radical (unpaired) electrons. The third-order valence-corrected chi connectivity index (χ3v) is 3.64. The average Bonchev–Trinajstić information content (AvgIpc) is 3.18. The first-order valence-corrected chi connectivity index (χ1v) is 8.64. The van der Waals surface area contributed by atoms with Crippen LogP contribution in [0, 0.1) is 0 Å². The molecule has 0 saturated heterocycles. The van der Waals surface area contributed by atoms with Gasteiger partial charge in [0.2, 0.25) is 0 Å². The Hall–Kier alpha value is -4.29. The molecule has 0 aromatic carbocycles. The van der Waals surface area contributed by atoms with Gasteiger partial charge in [-0.15, -0.1) is 0 Å². The van der Waals surface area contributed by atoms with Crippen molar-refractivity contribution < 1.29 is 38.1 Å². The van der Waals surface area contributed by atoms with Crippen molar-refractivity contribution in [3.63, 3.8) is 0 Å². The number of fused-ring (bicyclic) bond motifs is 1. The molecule has 1 atom stereocenters. The summed E-state index contributed by atoms with van der Waals surface area (Å²) in [6, 6.07) is 0. The van der Waals surface area contributed by atoms with Gasteiger partial charge in [0.25, 0.3) is 0 Å². The van der Waals surface area contributed by atoms with Gasteiger partial charge in [-0.2, -0.15) is 0 Å². The van der Waals surface area contributed by atoms with Crippen molar-refractivity contribution in [1.82, 2.24) is 19.5 Å². The Labute approximate surface area is 175 Å². The predicted molar refractivity (Wildman–Crippen MR) is 103 cm³/mol. The number of anilines is 1. The van der Waals surface area contributed by atoms with Gasteiger partial charge in [-0.25, -0.2) is 34.1 Å². The number of hydrogen-bond acceptors (Lipinski definition) is 12. The van der Waals surface area contributed by atoms with Crippen LogP contribution < -0.4 is 5.73 Å². The van der Waals surface area contributed by atoms with Crippen molar-refractivity contribution in [3.8, 4) is 0 Å². The van der Waals surface area contributed by atoms with Crippen molar-refractivity contribution in [1.29, 1.82) is 0 Å². The van der Waals surface area contributed by atoms with Crippen LogP contribution in [0.25, 0.3) is 11.2 Å². The van der Waals surface area contributed by atoms with Crippen LogP contribution in [0.15, 0.2) is 37.0 Å². The Balaban J connectivity index is 2.13. The van der Waals surface area contributed by atoms with Gasteiger partial charge in [0, 0.05) is 24.3 Å². The molecule has 0 bridgehead atoms. The number of nitrogens with two attached hydrogens (primary N) is 1. The minimum absolute atomic E-state index is 0.0151. The lowest BCUT2D eigenvalue weighted by Crippen LogP contribution is -2.29. The molecule has 2 rings (SSSR count). The summed E-state index contributed by atoms with van der Waals surface area (Å²) in [7, 11) is 2.31. The zero-order valence-electron chi connectivity index (χ0n) is 16.6. The largest absolute Gasteiger partial charge is 0.466 e. The average molecular weight is 433 g/mol. The van der Waals surface area contributed by atoms with Crippen molar-refractivity contribution in [2.75, 3.05) is 26.6 Å². The Morgan fingerprint density at radius 1 is 0.968 bits per heavy atom. The summed E-state index contributed by atoms with van der Waals surface area (Å²) in [5.74, 6) is -3.07. The van der Waals surface area contributed by atoms with E-state index in [2.05, 4.69) is 24.4 Å². The second kappa shape index (κ2) is 11.0. The quantitative estimate of drug-likeness (QED) is 0.300. The van der Waals surface area contributed by atoms with E-state index >= 15 is 0 Å². The molecule has 0 fully saturated rings. The number of hydrogen-bond donors (Lipinski definition) is 1. The van der Waals surface area contributed by atoms with Crippen LogP contribution in [0.1, 0.15) is 0 Å². The molecule has 0 amide bonds. The summed E-state index contributed by atoms with van der Waals surface area (Å²) >= 11 is 0. The van der Waals surface area contributed by atoms with Crippen LogP contribution in [-0.2, 0) is 44.7 Å². The van der Waals surface area contributed by atoms with Gasteiger partial charge in [-0.3, -0.25) is 0 Å². The molecule has 13 heteroatoms. The standard InChI is InChI=1S/C18H19N5O8/c1-28-12(24)3-5-14(26)30-8-11(31-15(27)6-4-13(25)29-2)7-23-10-22-16-17(19)20-9-21-18(16)23/h3-6,9-11H,7-8H2,1-2H3,(H2,19,20,21)/b5-3+,6-4+. The number of imidazole rings is 1. The molecule has 164 valence electrons. The highest BCUT2D eigenvalue weighted by atomic mass is 16.6. The van der Waals surface area contributed by atoms with Gasteiger partial charge in [-0.05, 0) is 0 Å². The van der Waals surface area contributed by atoms with E-state index in [0.29, 0.717) is 11.2 Å². The van der Waals surface area contributed by atoms with Crippen LogP contribution >= 0.6 is 0 Å². The van der Waals surface area contributed by atoms with E-state index in [9.17, 15) is 19.2 Å². The highest BCUT2D eigenvalue weighted by Gasteiger charge is 2.19. The maximum absolute atomic E-state index is 12.0. The fraction of sp³-hybridized carbons (Fsp3) is 0.278. The van der Waals surface area contributed by atoms with Crippen LogP contribution in [0.2, 0.25) is 0 Å². The fourth-order valence-electron chi connectivity index (χ4n) is 2.21. The molecule has 0 saturated carbocycles. The second-order valence-corrected chi connectivity index (χ2v) is 5.73. The van der Waals surface area contributed by atoms with E-state index in [1.807, 2.05) is 0 Å². The summed E-state index contributed by atoms with van der Waals surface area (Å²) in [4.78, 5) is 58.0. The molecule has 2 aromatic heterocycles. The van der Waals surface area contributed by atoms with Crippen molar-refractivity contribution in [2.24, 2.45) is 0 Å². The molecule has 0 aliphatic carbocycles. The number of methoxy groups -OCH3 is 2. The van der Waals surface area contributed by atoms with E-state index in [1.54, 1.807) is 0 Å². The normalized spacial score (nSPS) is 12.1. The van der Waals surface area contributed by atoms with Gasteiger partial charge >= 0.3 is 23.9 Å². The van der Waals surface area contributed by atoms with Crippen LogP contribution in [0.4, 0.5) is 5.82 Å². The number of carbonyl (C=O) groups excluding carboxylic acids is 4. The number of rotatable bonds is 9. The van der Waals surface area contributed by atoms with Crippen LogP contribution in [0.5, 0.6) is 0 Å². The first-order chi connectivity index (χ1) is 14.8. The monoisotopic (exact) mass is 433 g/mol. The molecule has 0 aliphatic heterocycles. The summed E-state index contributed by atoms with van der Waals surface area (Å²) in [6.07, 6.45) is 5.13. The van der Waals surface area contributed by atoms with E-state index in [4.69, 9.17) is 15.2 Å². The minimum Gasteiger partial charge on any atom is -0.466 e. The second-order valence-electron chi connectivity index (χ2n) is 5.73. The maximum Gasteiger partial charge on any atom is 0.331 e. The van der Waals surface area contributed by atoms with E-state index in [1.165, 1.54) is 17.2 Å². The van der Waals surface area contributed by atoms with Gasteiger partial charge in [0.15, 0.2) is 17.6 Å². The number of aromatic nitrogens is 4. The molecule has 1 unspecified atom stereocenters. The summed E-state index contributed by atoms with van der Waals surface area (Å²) in [6.45, 7) is -0.388. The first-order valence-electron chi connectivity index (χ1n) is 8.64. The minimum atomic E-state index is -1.00. The zero-order chi connectivity index (χ0) is 22.8. The Kier molecular flexibility index (Phi) is 8.19. The topological polar surface area (TPSA) is 175 Å². The lowest BCUT2D eigenvalue weighted by Gasteiger charge is -2.17. The lowest BCUT2D eigenvalue weighted by atomic mass is 10.3. The molecule has 2 heterocycles. The number of nitrogen functional groups attached to an aromatic ring is 1. The number of nitrogens with zero attached hydrogens (tertiary/aromatic N) is 4. The molecule has 31 heavy (non-hydrogen) atoms. The molecular weight excluding hydrogens is 414 g/mol. The van der Waals surface area contributed by atoms with Crippen molar-refractivity contribution >= 4 is 40.9 Å². The molecular formula is C18H19N5O8. The molecule has 2 N–H and O–H groups in total. The Morgan fingerprint density at radius 2 is 1.58 bits per heavy atom. The van der Waals surface area contributed by atoms with Crippen molar-refractivity contribution in [3.05, 3.63) is 37.0 Å². The van der Waals surface area contributed by atoms with E-state index in [0.717, 1.165) is 38.5 Å². The van der Waals surface area contributed by atoms with Crippen molar-refractivity contribution in [2.45, 2.75) is 12.6 Å². The van der Waals surface area contributed by atoms with Crippen LogP contribution in [0.3, 0.4) is 0 Å². The van der Waals surface area contributed by atoms with E-state index in [-0.39, 0.29) is 19.0 Å². The SMILES string of the molecule is COC(=O)/C=C/C(=O)OCC(Cn1cnc2c(N)ncnc21)OC(=O)/C=C/C(=O)OC. The highest BCUT2D eigenvalue weighted by molar-refractivity contribution is 5.92. The zero-order valence-corrected chi connectivity index (χ0v) is 16.6. The summed E-state index contributed by atoms with van der Waals surface area (Å²) in [5, 5.41) is 0. The highest BCUT2D eigenvalue weighted by Crippen LogP contribution is 2.15.